The van der Waals surface area contributed by atoms with Crippen molar-refractivity contribution in [2.24, 2.45) is 0 Å². The second kappa shape index (κ2) is 5.29. The van der Waals surface area contributed by atoms with E-state index >= 15 is 0 Å². The summed E-state index contributed by atoms with van der Waals surface area (Å²) in [6.07, 6.45) is 1.72. The monoisotopic (exact) mass is 293 g/mol. The summed E-state index contributed by atoms with van der Waals surface area (Å²) in [4.78, 5) is 4.15. The van der Waals surface area contributed by atoms with Crippen LogP contribution in [0.25, 0.3) is 0 Å². The van der Waals surface area contributed by atoms with Crippen LogP contribution in [0.3, 0.4) is 0 Å². The van der Waals surface area contributed by atoms with Crippen LogP contribution in [-0.2, 0) is 6.61 Å². The molecule has 0 aliphatic heterocycles. The van der Waals surface area contributed by atoms with Crippen molar-refractivity contribution in [3.63, 3.8) is 0 Å². The van der Waals surface area contributed by atoms with Gasteiger partial charge in [-0.05, 0) is 37.3 Å². The fourth-order valence-electron chi connectivity index (χ4n) is 1.47. The van der Waals surface area contributed by atoms with E-state index in [9.17, 15) is 5.11 Å². The first kappa shape index (κ1) is 12.1. The molecule has 1 N–H and O–H groups in total. The molecule has 0 spiro atoms. The number of benzene rings is 1. The Morgan fingerprint density at radius 3 is 2.82 bits per heavy atom. The quantitative estimate of drug-likeness (QED) is 0.943. The van der Waals surface area contributed by atoms with Crippen molar-refractivity contribution in [2.45, 2.75) is 13.5 Å². The molecule has 0 atom stereocenters. The summed E-state index contributed by atoms with van der Waals surface area (Å²) >= 11 is 3.36. The molecule has 4 heteroatoms. The Hall–Kier alpha value is -1.39. The summed E-state index contributed by atoms with van der Waals surface area (Å²) < 4.78 is 6.66. The Bertz CT molecular complexity index is 529. The standard InChI is InChI=1S/C13H12BrNO2/c1-9-12(3-2-6-15-9)17-13-5-4-11(14)7-10(13)8-16/h2-7,16H,8H2,1H3. The third kappa shape index (κ3) is 2.84. The number of pyridine rings is 1. The molecule has 0 saturated carbocycles. The van der Waals surface area contributed by atoms with Gasteiger partial charge in [-0.15, -0.1) is 0 Å². The first-order valence-corrected chi connectivity index (χ1v) is 5.99. The molecule has 0 saturated heterocycles. The maximum atomic E-state index is 9.27. The normalized spacial score (nSPS) is 10.3. The molecule has 0 bridgehead atoms. The van der Waals surface area contributed by atoms with Gasteiger partial charge in [-0.2, -0.15) is 0 Å². The van der Waals surface area contributed by atoms with Gasteiger partial charge in [-0.3, -0.25) is 4.98 Å². The zero-order chi connectivity index (χ0) is 12.3. The van der Waals surface area contributed by atoms with Gasteiger partial charge in [0.05, 0.1) is 12.3 Å². The Morgan fingerprint density at radius 1 is 1.29 bits per heavy atom. The van der Waals surface area contributed by atoms with Gasteiger partial charge >= 0.3 is 0 Å². The zero-order valence-corrected chi connectivity index (χ0v) is 10.9. The van der Waals surface area contributed by atoms with Crippen molar-refractivity contribution < 1.29 is 9.84 Å². The summed E-state index contributed by atoms with van der Waals surface area (Å²) in [7, 11) is 0. The molecule has 0 amide bonds. The highest BCUT2D eigenvalue weighted by Crippen LogP contribution is 2.29. The van der Waals surface area contributed by atoms with Crippen LogP contribution in [0.5, 0.6) is 11.5 Å². The van der Waals surface area contributed by atoms with Crippen molar-refractivity contribution in [3.05, 3.63) is 52.3 Å². The van der Waals surface area contributed by atoms with Gasteiger partial charge in [0.15, 0.2) is 0 Å². The van der Waals surface area contributed by atoms with Gasteiger partial charge in [0.25, 0.3) is 0 Å². The van der Waals surface area contributed by atoms with Gasteiger partial charge in [-0.1, -0.05) is 15.9 Å². The summed E-state index contributed by atoms with van der Waals surface area (Å²) in [6, 6.07) is 9.20. The number of aromatic nitrogens is 1. The number of ether oxygens (including phenoxy) is 1. The van der Waals surface area contributed by atoms with Crippen LogP contribution in [-0.4, -0.2) is 10.1 Å². The molecule has 0 fully saturated rings. The number of hydrogen-bond donors (Lipinski definition) is 1. The number of aryl methyl sites for hydroxylation is 1. The van der Waals surface area contributed by atoms with E-state index in [0.717, 1.165) is 15.7 Å². The average Bonchev–Trinajstić information content (AvgIpc) is 2.34. The maximum Gasteiger partial charge on any atom is 0.148 e. The van der Waals surface area contributed by atoms with Crippen molar-refractivity contribution in [3.8, 4) is 11.5 Å². The molecule has 1 aromatic heterocycles. The molecule has 0 aliphatic rings. The lowest BCUT2D eigenvalue weighted by Gasteiger charge is -2.11. The molecular weight excluding hydrogens is 282 g/mol. The molecule has 0 unspecified atom stereocenters. The minimum atomic E-state index is -0.0614. The maximum absolute atomic E-state index is 9.27. The lowest BCUT2D eigenvalue weighted by Crippen LogP contribution is -1.94. The molecule has 0 radical (unpaired) electrons. The molecule has 2 aromatic rings. The van der Waals surface area contributed by atoms with E-state index in [2.05, 4.69) is 20.9 Å². The Balaban J connectivity index is 2.33. The van der Waals surface area contributed by atoms with Crippen LogP contribution >= 0.6 is 15.9 Å². The fraction of sp³-hybridized carbons (Fsp3) is 0.154. The van der Waals surface area contributed by atoms with Crippen molar-refractivity contribution >= 4 is 15.9 Å². The minimum Gasteiger partial charge on any atom is -0.455 e. The first-order valence-electron chi connectivity index (χ1n) is 5.19. The molecule has 17 heavy (non-hydrogen) atoms. The van der Waals surface area contributed by atoms with E-state index < -0.39 is 0 Å². The number of nitrogens with zero attached hydrogens (tertiary/aromatic N) is 1. The summed E-state index contributed by atoms with van der Waals surface area (Å²) in [6.45, 7) is 1.82. The number of halogens is 1. The van der Waals surface area contributed by atoms with Gasteiger partial charge in [0, 0.05) is 16.2 Å². The summed E-state index contributed by atoms with van der Waals surface area (Å²) in [5, 5.41) is 9.27. The minimum absolute atomic E-state index is 0.0614. The number of hydrogen-bond acceptors (Lipinski definition) is 3. The van der Waals surface area contributed by atoms with E-state index in [1.165, 1.54) is 0 Å². The van der Waals surface area contributed by atoms with E-state index in [1.54, 1.807) is 6.20 Å². The summed E-state index contributed by atoms with van der Waals surface area (Å²) in [5.41, 5.74) is 1.56. The van der Waals surface area contributed by atoms with Crippen LogP contribution in [0, 0.1) is 6.92 Å². The van der Waals surface area contributed by atoms with Crippen LogP contribution in [0.2, 0.25) is 0 Å². The Kier molecular flexibility index (Phi) is 3.76. The predicted molar refractivity (Wildman–Crippen MR) is 69.1 cm³/mol. The van der Waals surface area contributed by atoms with Gasteiger partial charge < -0.3 is 9.84 Å². The molecule has 3 nitrogen and oxygen atoms in total. The Labute approximate surface area is 108 Å². The predicted octanol–water partition coefficient (Wildman–Crippen LogP) is 3.44. The topological polar surface area (TPSA) is 42.4 Å². The first-order chi connectivity index (χ1) is 8.20. The van der Waals surface area contributed by atoms with E-state index in [4.69, 9.17) is 4.74 Å². The van der Waals surface area contributed by atoms with E-state index in [1.807, 2.05) is 37.3 Å². The van der Waals surface area contributed by atoms with E-state index in [0.29, 0.717) is 11.5 Å². The van der Waals surface area contributed by atoms with Crippen LogP contribution < -0.4 is 4.74 Å². The molecule has 1 aromatic carbocycles. The SMILES string of the molecule is Cc1ncccc1Oc1ccc(Br)cc1CO. The van der Waals surface area contributed by atoms with Crippen LogP contribution in [0.4, 0.5) is 0 Å². The van der Waals surface area contributed by atoms with Crippen molar-refractivity contribution in [1.29, 1.82) is 0 Å². The fourth-order valence-corrected chi connectivity index (χ4v) is 1.88. The molecular formula is C13H12BrNO2. The molecule has 2 rings (SSSR count). The largest absolute Gasteiger partial charge is 0.455 e. The third-order valence-electron chi connectivity index (χ3n) is 2.37. The average molecular weight is 294 g/mol. The smallest absolute Gasteiger partial charge is 0.148 e. The highest BCUT2D eigenvalue weighted by atomic mass is 79.9. The van der Waals surface area contributed by atoms with Crippen molar-refractivity contribution in [1.82, 2.24) is 4.98 Å². The Morgan fingerprint density at radius 2 is 2.12 bits per heavy atom. The van der Waals surface area contributed by atoms with Gasteiger partial charge in [0.2, 0.25) is 0 Å². The van der Waals surface area contributed by atoms with Gasteiger partial charge in [-0.25, -0.2) is 0 Å². The second-order valence-corrected chi connectivity index (χ2v) is 4.51. The second-order valence-electron chi connectivity index (χ2n) is 3.60. The van der Waals surface area contributed by atoms with Crippen LogP contribution in [0.1, 0.15) is 11.3 Å². The van der Waals surface area contributed by atoms with Crippen molar-refractivity contribution in [2.75, 3.05) is 0 Å². The van der Waals surface area contributed by atoms with Gasteiger partial charge in [0.1, 0.15) is 11.5 Å². The summed E-state index contributed by atoms with van der Waals surface area (Å²) in [5.74, 6) is 1.34. The molecule has 88 valence electrons. The lowest BCUT2D eigenvalue weighted by molar-refractivity contribution is 0.276. The number of rotatable bonds is 3. The highest BCUT2D eigenvalue weighted by Gasteiger charge is 2.06. The number of aliphatic hydroxyl groups excluding tert-OH is 1. The zero-order valence-electron chi connectivity index (χ0n) is 9.35. The van der Waals surface area contributed by atoms with Crippen LogP contribution in [0.15, 0.2) is 41.0 Å². The number of aliphatic hydroxyl groups is 1. The molecule has 1 heterocycles. The van der Waals surface area contributed by atoms with E-state index in [-0.39, 0.29) is 6.61 Å². The molecule has 0 aliphatic carbocycles. The lowest BCUT2D eigenvalue weighted by atomic mass is 10.2. The third-order valence-corrected chi connectivity index (χ3v) is 2.86. The highest BCUT2D eigenvalue weighted by molar-refractivity contribution is 9.10.